The minimum atomic E-state index is -3.99. The number of nitrogens with zero attached hydrogens (tertiary/aromatic N) is 1. The Hall–Kier alpha value is -3.65. The van der Waals surface area contributed by atoms with E-state index in [4.69, 9.17) is 4.74 Å². The first-order valence-corrected chi connectivity index (χ1v) is 12.0. The van der Waals surface area contributed by atoms with Gasteiger partial charge in [-0.05, 0) is 61.4 Å². The number of hydrogen-bond acceptors (Lipinski definition) is 5. The van der Waals surface area contributed by atoms with Gasteiger partial charge in [-0.3, -0.25) is 9.10 Å². The van der Waals surface area contributed by atoms with Crippen LogP contribution in [0, 0.1) is 0 Å². The molecule has 3 aromatic rings. The lowest BCUT2D eigenvalue weighted by molar-refractivity contribution is -0.114. The monoisotopic (exact) mass is 466 g/mol. The van der Waals surface area contributed by atoms with Crippen molar-refractivity contribution < 1.29 is 22.7 Å². The molecule has 0 fully saturated rings. The minimum Gasteiger partial charge on any atom is -0.462 e. The summed E-state index contributed by atoms with van der Waals surface area (Å²) in [6.07, 6.45) is 0.809. The van der Waals surface area contributed by atoms with Crippen LogP contribution < -0.4 is 9.62 Å². The smallest absolute Gasteiger partial charge is 0.338 e. The molecule has 33 heavy (non-hydrogen) atoms. The zero-order valence-electron chi connectivity index (χ0n) is 18.5. The molecular formula is C25H26N2O5S. The van der Waals surface area contributed by atoms with Gasteiger partial charge in [0, 0.05) is 5.69 Å². The van der Waals surface area contributed by atoms with Crippen LogP contribution in [0.4, 0.5) is 11.4 Å². The van der Waals surface area contributed by atoms with Crippen LogP contribution in [-0.4, -0.2) is 33.4 Å². The number of anilines is 2. The van der Waals surface area contributed by atoms with Crippen molar-refractivity contribution >= 4 is 33.3 Å². The van der Waals surface area contributed by atoms with Crippen molar-refractivity contribution in [3.63, 3.8) is 0 Å². The summed E-state index contributed by atoms with van der Waals surface area (Å²) < 4.78 is 32.8. The van der Waals surface area contributed by atoms with Gasteiger partial charge in [-0.25, -0.2) is 13.2 Å². The number of aryl methyl sites for hydroxylation is 1. The lowest BCUT2D eigenvalue weighted by atomic mass is 10.1. The molecule has 0 unspecified atom stereocenters. The summed E-state index contributed by atoms with van der Waals surface area (Å²) in [5.74, 6) is -1.05. The molecule has 0 heterocycles. The van der Waals surface area contributed by atoms with Crippen LogP contribution >= 0.6 is 0 Å². The summed E-state index contributed by atoms with van der Waals surface area (Å²) in [5, 5.41) is 2.67. The molecule has 0 aliphatic heterocycles. The van der Waals surface area contributed by atoms with E-state index in [-0.39, 0.29) is 11.5 Å². The van der Waals surface area contributed by atoms with E-state index in [1.807, 2.05) is 19.1 Å². The highest BCUT2D eigenvalue weighted by Gasteiger charge is 2.27. The van der Waals surface area contributed by atoms with Crippen molar-refractivity contribution in [3.8, 4) is 0 Å². The highest BCUT2D eigenvalue weighted by molar-refractivity contribution is 7.92. The standard InChI is InChI=1S/C25H26N2O5S/c1-3-19-13-15-22(16-14-19)27(33(30,31)23-11-6-5-7-12-23)18-24(28)26-21-10-8-9-20(17-21)25(29)32-4-2/h5-17H,3-4,18H2,1-2H3,(H,26,28). The van der Waals surface area contributed by atoms with Gasteiger partial charge in [0.15, 0.2) is 0 Å². The second kappa shape index (κ2) is 10.8. The molecule has 0 aliphatic rings. The fourth-order valence-electron chi connectivity index (χ4n) is 3.20. The van der Waals surface area contributed by atoms with E-state index in [0.29, 0.717) is 16.9 Å². The maximum absolute atomic E-state index is 13.4. The van der Waals surface area contributed by atoms with Crippen LogP contribution in [0.5, 0.6) is 0 Å². The van der Waals surface area contributed by atoms with Crippen LogP contribution in [0.3, 0.4) is 0 Å². The number of benzene rings is 3. The van der Waals surface area contributed by atoms with E-state index < -0.39 is 28.4 Å². The summed E-state index contributed by atoms with van der Waals surface area (Å²) in [5.41, 5.74) is 2.09. The third-order valence-corrected chi connectivity index (χ3v) is 6.70. The van der Waals surface area contributed by atoms with Crippen LogP contribution in [-0.2, 0) is 26.0 Å². The van der Waals surface area contributed by atoms with Gasteiger partial charge in [0.1, 0.15) is 6.54 Å². The van der Waals surface area contributed by atoms with Gasteiger partial charge in [0.2, 0.25) is 5.91 Å². The van der Waals surface area contributed by atoms with E-state index >= 15 is 0 Å². The molecule has 0 aliphatic carbocycles. The van der Waals surface area contributed by atoms with Crippen molar-refractivity contribution in [2.45, 2.75) is 25.2 Å². The summed E-state index contributed by atoms with van der Waals surface area (Å²) in [4.78, 5) is 24.9. The third kappa shape index (κ3) is 5.98. The predicted octanol–water partition coefficient (Wildman–Crippen LogP) is 4.26. The number of ether oxygens (including phenoxy) is 1. The molecule has 3 aromatic carbocycles. The van der Waals surface area contributed by atoms with Crippen molar-refractivity contribution in [1.29, 1.82) is 0 Å². The number of carbonyl (C=O) groups is 2. The third-order valence-electron chi connectivity index (χ3n) is 4.91. The Morgan fingerprint density at radius 1 is 0.909 bits per heavy atom. The van der Waals surface area contributed by atoms with Crippen LogP contribution in [0.1, 0.15) is 29.8 Å². The average molecular weight is 467 g/mol. The fraction of sp³-hybridized carbons (Fsp3) is 0.200. The molecule has 0 bridgehead atoms. The number of sulfonamides is 1. The number of hydrogen-bond donors (Lipinski definition) is 1. The van der Waals surface area contributed by atoms with Crippen LogP contribution in [0.15, 0.2) is 83.8 Å². The van der Waals surface area contributed by atoms with Gasteiger partial charge >= 0.3 is 5.97 Å². The molecule has 3 rings (SSSR count). The molecule has 0 saturated carbocycles. The second-order valence-corrected chi connectivity index (χ2v) is 9.06. The van der Waals surface area contributed by atoms with Gasteiger partial charge in [-0.1, -0.05) is 43.3 Å². The predicted molar refractivity (Wildman–Crippen MR) is 128 cm³/mol. The highest BCUT2D eigenvalue weighted by Crippen LogP contribution is 2.24. The summed E-state index contributed by atoms with van der Waals surface area (Å²) in [7, 11) is -3.99. The average Bonchev–Trinajstić information content (AvgIpc) is 2.83. The van der Waals surface area contributed by atoms with E-state index in [0.717, 1.165) is 16.3 Å². The van der Waals surface area contributed by atoms with Gasteiger partial charge in [0.25, 0.3) is 10.0 Å². The van der Waals surface area contributed by atoms with Crippen molar-refractivity contribution in [2.24, 2.45) is 0 Å². The Labute approximate surface area is 194 Å². The van der Waals surface area contributed by atoms with Gasteiger partial charge in [-0.2, -0.15) is 0 Å². The molecule has 0 aromatic heterocycles. The largest absolute Gasteiger partial charge is 0.462 e. The molecule has 1 amide bonds. The van der Waals surface area contributed by atoms with Crippen molar-refractivity contribution in [1.82, 2.24) is 0 Å². The van der Waals surface area contributed by atoms with Crippen LogP contribution in [0.2, 0.25) is 0 Å². The maximum Gasteiger partial charge on any atom is 0.338 e. The van der Waals surface area contributed by atoms with Gasteiger partial charge < -0.3 is 10.1 Å². The first-order valence-electron chi connectivity index (χ1n) is 10.6. The molecule has 0 spiro atoms. The minimum absolute atomic E-state index is 0.0849. The SMILES string of the molecule is CCOC(=O)c1cccc(NC(=O)CN(c2ccc(CC)cc2)S(=O)(=O)c2ccccc2)c1. The van der Waals surface area contributed by atoms with Crippen molar-refractivity contribution in [2.75, 3.05) is 22.8 Å². The summed E-state index contributed by atoms with van der Waals surface area (Å²) in [6, 6.07) is 21.3. The second-order valence-electron chi connectivity index (χ2n) is 7.19. The number of esters is 1. The molecule has 8 heteroatoms. The molecule has 1 N–H and O–H groups in total. The Balaban J connectivity index is 1.88. The van der Waals surface area contributed by atoms with E-state index in [1.165, 1.54) is 18.2 Å². The quantitative estimate of drug-likeness (QED) is 0.476. The lowest BCUT2D eigenvalue weighted by Gasteiger charge is -2.24. The highest BCUT2D eigenvalue weighted by atomic mass is 32.2. The summed E-state index contributed by atoms with van der Waals surface area (Å²) >= 11 is 0. The van der Waals surface area contributed by atoms with E-state index in [2.05, 4.69) is 5.32 Å². The number of amides is 1. The number of nitrogens with one attached hydrogen (secondary N) is 1. The molecular weight excluding hydrogens is 440 g/mol. The Bertz CT molecular complexity index is 1210. The first kappa shape index (κ1) is 24.0. The molecule has 0 saturated heterocycles. The Morgan fingerprint density at radius 3 is 2.24 bits per heavy atom. The first-order chi connectivity index (χ1) is 15.8. The fourth-order valence-corrected chi connectivity index (χ4v) is 4.64. The normalized spacial score (nSPS) is 11.0. The van der Waals surface area contributed by atoms with Gasteiger partial charge in [-0.15, -0.1) is 0 Å². The lowest BCUT2D eigenvalue weighted by Crippen LogP contribution is -2.38. The molecule has 172 valence electrons. The molecule has 0 atom stereocenters. The van der Waals surface area contributed by atoms with Crippen LogP contribution in [0.25, 0.3) is 0 Å². The number of rotatable bonds is 9. The topological polar surface area (TPSA) is 92.8 Å². The maximum atomic E-state index is 13.4. The van der Waals surface area contributed by atoms with E-state index in [1.54, 1.807) is 55.5 Å². The zero-order valence-corrected chi connectivity index (χ0v) is 19.3. The molecule has 0 radical (unpaired) electrons. The summed E-state index contributed by atoms with van der Waals surface area (Å²) in [6.45, 7) is 3.51. The molecule has 7 nitrogen and oxygen atoms in total. The Kier molecular flexibility index (Phi) is 7.84. The Morgan fingerprint density at radius 2 is 1.61 bits per heavy atom. The zero-order chi connectivity index (χ0) is 23.8. The van der Waals surface area contributed by atoms with E-state index in [9.17, 15) is 18.0 Å². The van der Waals surface area contributed by atoms with Crippen molar-refractivity contribution in [3.05, 3.63) is 90.0 Å². The number of carbonyl (C=O) groups excluding carboxylic acids is 2. The van der Waals surface area contributed by atoms with Gasteiger partial charge in [0.05, 0.1) is 22.8 Å².